The fraction of sp³-hybridized carbons (Fsp3) is 0.412. The second kappa shape index (κ2) is 8.44. The van der Waals surface area contributed by atoms with Gasteiger partial charge in [0.25, 0.3) is 5.91 Å². The van der Waals surface area contributed by atoms with Gasteiger partial charge in [0.15, 0.2) is 5.17 Å². The van der Waals surface area contributed by atoms with E-state index in [9.17, 15) is 4.79 Å². The van der Waals surface area contributed by atoms with E-state index in [0.717, 1.165) is 48.1 Å². The maximum Gasteiger partial charge on any atom is 0.264 e. The summed E-state index contributed by atoms with van der Waals surface area (Å²) in [5.74, 6) is 0.580. The minimum atomic E-state index is -0.0833. The number of methoxy groups -OCH3 is 1. The summed E-state index contributed by atoms with van der Waals surface area (Å²) in [6.07, 6.45) is 2.94. The number of nitrogens with one attached hydrogen (secondary N) is 1. The predicted octanol–water partition coefficient (Wildman–Crippen LogP) is 3.88. The van der Waals surface area contributed by atoms with Gasteiger partial charge in [0.05, 0.1) is 17.7 Å². The number of carbonyl (C=O) groups excluding carboxylic acids is 1. The van der Waals surface area contributed by atoms with Crippen LogP contribution < -0.4 is 10.1 Å². The number of hydrogen-bond acceptors (Lipinski definition) is 5. The minimum absolute atomic E-state index is 0. The highest BCUT2D eigenvalue weighted by Gasteiger charge is 2.33. The zero-order valence-corrected chi connectivity index (χ0v) is 15.5. The monoisotopic (exact) mass is 367 g/mol. The first-order chi connectivity index (χ1) is 11.2. The van der Waals surface area contributed by atoms with E-state index in [1.54, 1.807) is 7.11 Å². The number of aliphatic imine (C=N–C) groups is 1. The standard InChI is InChI=1S/C17H21N3O2S.ClH/c1-3-7-13-15(23-17-18-10-6-11-20(13)17)16(21)19-12-8-4-5-9-14(12)22-2;/h4-5,8-9H,3,6-7,10-11H2,1-2H3,(H,19,21);1H. The van der Waals surface area contributed by atoms with Crippen LogP contribution >= 0.6 is 24.2 Å². The highest BCUT2D eigenvalue weighted by atomic mass is 35.5. The molecule has 0 atom stereocenters. The molecule has 0 aromatic heterocycles. The highest BCUT2D eigenvalue weighted by molar-refractivity contribution is 8.18. The van der Waals surface area contributed by atoms with E-state index in [0.29, 0.717) is 11.4 Å². The van der Waals surface area contributed by atoms with E-state index >= 15 is 0 Å². The molecule has 2 heterocycles. The topological polar surface area (TPSA) is 53.9 Å². The number of thioether (sulfide) groups is 1. The molecule has 3 rings (SSSR count). The Morgan fingerprint density at radius 2 is 2.21 bits per heavy atom. The lowest BCUT2D eigenvalue weighted by Crippen LogP contribution is -2.29. The molecule has 2 aliphatic rings. The van der Waals surface area contributed by atoms with Crippen molar-refractivity contribution in [2.45, 2.75) is 26.2 Å². The average Bonchev–Trinajstić information content (AvgIpc) is 2.95. The van der Waals surface area contributed by atoms with Crippen LogP contribution in [-0.2, 0) is 4.79 Å². The molecule has 0 spiro atoms. The molecule has 0 aliphatic carbocycles. The molecule has 0 saturated heterocycles. The largest absolute Gasteiger partial charge is 0.495 e. The van der Waals surface area contributed by atoms with Crippen molar-refractivity contribution in [2.75, 3.05) is 25.5 Å². The van der Waals surface area contributed by atoms with E-state index in [2.05, 4.69) is 22.1 Å². The molecule has 0 bridgehead atoms. The van der Waals surface area contributed by atoms with Gasteiger partial charge in [0.1, 0.15) is 5.75 Å². The third-order valence-corrected chi connectivity index (χ3v) is 5.00. The number of anilines is 1. The number of para-hydroxylation sites is 2. The summed E-state index contributed by atoms with van der Waals surface area (Å²) in [5.41, 5.74) is 1.79. The number of carbonyl (C=O) groups is 1. The first-order valence-corrected chi connectivity index (χ1v) is 8.73. The molecule has 24 heavy (non-hydrogen) atoms. The van der Waals surface area contributed by atoms with Gasteiger partial charge in [-0.15, -0.1) is 12.4 Å². The second-order valence-electron chi connectivity index (χ2n) is 5.45. The van der Waals surface area contributed by atoms with Gasteiger partial charge in [-0.2, -0.15) is 0 Å². The first-order valence-electron chi connectivity index (χ1n) is 7.92. The van der Waals surface area contributed by atoms with Crippen LogP contribution in [0.4, 0.5) is 5.69 Å². The van der Waals surface area contributed by atoms with Gasteiger partial charge in [0, 0.05) is 18.8 Å². The molecule has 2 aliphatic heterocycles. The summed E-state index contributed by atoms with van der Waals surface area (Å²) in [7, 11) is 1.60. The van der Waals surface area contributed by atoms with Crippen LogP contribution in [0.1, 0.15) is 26.2 Å². The van der Waals surface area contributed by atoms with Crippen LogP contribution in [0.25, 0.3) is 0 Å². The van der Waals surface area contributed by atoms with Gasteiger partial charge < -0.3 is 15.0 Å². The maximum absolute atomic E-state index is 12.8. The van der Waals surface area contributed by atoms with Crippen LogP contribution in [0, 0.1) is 0 Å². The number of benzene rings is 1. The van der Waals surface area contributed by atoms with E-state index in [-0.39, 0.29) is 18.3 Å². The molecule has 1 aromatic carbocycles. The van der Waals surface area contributed by atoms with Crippen molar-refractivity contribution in [1.29, 1.82) is 0 Å². The normalized spacial score (nSPS) is 16.2. The number of halogens is 1. The van der Waals surface area contributed by atoms with Crippen molar-refractivity contribution >= 4 is 40.9 Å². The van der Waals surface area contributed by atoms with Gasteiger partial charge in [-0.05, 0) is 36.7 Å². The van der Waals surface area contributed by atoms with Crippen LogP contribution in [0.3, 0.4) is 0 Å². The van der Waals surface area contributed by atoms with E-state index < -0.39 is 0 Å². The molecule has 0 fully saturated rings. The average molecular weight is 368 g/mol. The number of amidine groups is 1. The Morgan fingerprint density at radius 1 is 1.42 bits per heavy atom. The Bertz CT molecular complexity index is 676. The summed E-state index contributed by atoms with van der Waals surface area (Å²) in [5, 5.41) is 3.94. The Kier molecular flexibility index (Phi) is 6.57. The molecule has 0 unspecified atom stereocenters. The summed E-state index contributed by atoms with van der Waals surface area (Å²) in [6, 6.07) is 7.46. The number of ether oxygens (including phenoxy) is 1. The summed E-state index contributed by atoms with van der Waals surface area (Å²) in [6.45, 7) is 3.93. The molecular formula is C17H22ClN3O2S. The zero-order chi connectivity index (χ0) is 16.2. The lowest BCUT2D eigenvalue weighted by atomic mass is 10.2. The van der Waals surface area contributed by atoms with E-state index in [4.69, 9.17) is 4.74 Å². The molecule has 5 nitrogen and oxygen atoms in total. The van der Waals surface area contributed by atoms with Crippen LogP contribution in [0.2, 0.25) is 0 Å². The van der Waals surface area contributed by atoms with Gasteiger partial charge in [-0.25, -0.2) is 0 Å². The van der Waals surface area contributed by atoms with Crippen LogP contribution in [-0.4, -0.2) is 36.2 Å². The molecule has 1 N–H and O–H groups in total. The van der Waals surface area contributed by atoms with Gasteiger partial charge in [-0.3, -0.25) is 9.79 Å². The van der Waals surface area contributed by atoms with E-state index in [1.165, 1.54) is 11.8 Å². The smallest absolute Gasteiger partial charge is 0.264 e. The van der Waals surface area contributed by atoms with Crippen molar-refractivity contribution in [3.05, 3.63) is 34.9 Å². The van der Waals surface area contributed by atoms with Crippen molar-refractivity contribution in [3.8, 4) is 5.75 Å². The fourth-order valence-electron chi connectivity index (χ4n) is 2.78. The summed E-state index contributed by atoms with van der Waals surface area (Å²) < 4.78 is 5.31. The minimum Gasteiger partial charge on any atom is -0.495 e. The number of hydrogen-bond donors (Lipinski definition) is 1. The second-order valence-corrected chi connectivity index (χ2v) is 6.43. The van der Waals surface area contributed by atoms with Crippen molar-refractivity contribution in [2.24, 2.45) is 4.99 Å². The molecule has 7 heteroatoms. The van der Waals surface area contributed by atoms with Gasteiger partial charge in [-0.1, -0.05) is 25.5 Å². The predicted molar refractivity (Wildman–Crippen MR) is 102 cm³/mol. The number of allylic oxidation sites excluding steroid dienone is 1. The number of rotatable bonds is 5. The molecule has 1 amide bonds. The van der Waals surface area contributed by atoms with Crippen molar-refractivity contribution < 1.29 is 9.53 Å². The number of fused-ring (bicyclic) bond motifs is 1. The third kappa shape index (κ3) is 3.70. The molecular weight excluding hydrogens is 346 g/mol. The lowest BCUT2D eigenvalue weighted by Gasteiger charge is -2.25. The van der Waals surface area contributed by atoms with Crippen molar-refractivity contribution in [1.82, 2.24) is 4.90 Å². The third-order valence-electron chi connectivity index (χ3n) is 3.85. The molecule has 1 aromatic rings. The SMILES string of the molecule is CCCC1=C(C(=O)Nc2ccccc2OC)SC2=NCCCN21.Cl. The van der Waals surface area contributed by atoms with Crippen LogP contribution in [0.5, 0.6) is 5.75 Å². The Labute approximate surface area is 153 Å². The van der Waals surface area contributed by atoms with Gasteiger partial charge in [0.2, 0.25) is 0 Å². The maximum atomic E-state index is 12.8. The lowest BCUT2D eigenvalue weighted by molar-refractivity contribution is -0.112. The summed E-state index contributed by atoms with van der Waals surface area (Å²) >= 11 is 1.49. The van der Waals surface area contributed by atoms with E-state index in [1.807, 2.05) is 24.3 Å². The van der Waals surface area contributed by atoms with Crippen LogP contribution in [0.15, 0.2) is 39.9 Å². The molecule has 0 saturated carbocycles. The Morgan fingerprint density at radius 3 is 2.96 bits per heavy atom. The highest BCUT2D eigenvalue weighted by Crippen LogP contribution is 2.39. The number of nitrogens with zero attached hydrogens (tertiary/aromatic N) is 2. The summed E-state index contributed by atoms with van der Waals surface area (Å²) in [4.78, 5) is 20.3. The Balaban J connectivity index is 0.00000208. The zero-order valence-electron chi connectivity index (χ0n) is 13.9. The Hall–Kier alpha value is -1.66. The van der Waals surface area contributed by atoms with Crippen molar-refractivity contribution in [3.63, 3.8) is 0 Å². The first kappa shape index (κ1) is 18.7. The molecule has 0 radical (unpaired) electrons. The number of amides is 1. The van der Waals surface area contributed by atoms with Gasteiger partial charge >= 0.3 is 0 Å². The molecule has 130 valence electrons. The quantitative estimate of drug-likeness (QED) is 0.858. The fourth-order valence-corrected chi connectivity index (χ4v) is 3.91.